The summed E-state index contributed by atoms with van der Waals surface area (Å²) in [5, 5.41) is 9.82. The Labute approximate surface area is 93.7 Å². The molecule has 0 bridgehead atoms. The molecular weight excluding hydrogens is 202 g/mol. The Bertz CT molecular complexity index is 522. The van der Waals surface area contributed by atoms with Gasteiger partial charge in [0.1, 0.15) is 0 Å². The zero-order valence-electron chi connectivity index (χ0n) is 9.05. The van der Waals surface area contributed by atoms with Crippen LogP contribution in [0.4, 0.5) is 0 Å². The highest BCUT2D eigenvalue weighted by atomic mass is 16.4. The van der Waals surface area contributed by atoms with E-state index >= 15 is 0 Å². The summed E-state index contributed by atoms with van der Waals surface area (Å²) in [6.45, 7) is 1.91. The van der Waals surface area contributed by atoms with Gasteiger partial charge in [0.05, 0.1) is 11.9 Å². The van der Waals surface area contributed by atoms with Gasteiger partial charge < -0.3 is 5.11 Å². The minimum Gasteiger partial charge on any atom is -0.481 e. The van der Waals surface area contributed by atoms with Gasteiger partial charge in [-0.1, -0.05) is 25.1 Å². The lowest BCUT2D eigenvalue weighted by atomic mass is 9.97. The molecule has 0 fully saturated rings. The van der Waals surface area contributed by atoms with Gasteiger partial charge in [-0.3, -0.25) is 9.78 Å². The molecule has 1 N–H and O–H groups in total. The van der Waals surface area contributed by atoms with E-state index in [4.69, 9.17) is 5.11 Å². The Kier molecular flexibility index (Phi) is 2.86. The average Bonchev–Trinajstić information content (AvgIpc) is 2.27. The van der Waals surface area contributed by atoms with Crippen LogP contribution in [0.15, 0.2) is 36.5 Å². The number of aliphatic carboxylic acids is 1. The second-order valence-electron chi connectivity index (χ2n) is 3.95. The van der Waals surface area contributed by atoms with Gasteiger partial charge in [0.15, 0.2) is 0 Å². The molecule has 3 nitrogen and oxygen atoms in total. The second kappa shape index (κ2) is 4.31. The highest BCUT2D eigenvalue weighted by molar-refractivity contribution is 5.79. The minimum atomic E-state index is -0.770. The van der Waals surface area contributed by atoms with Gasteiger partial charge in [0.2, 0.25) is 0 Å². The topological polar surface area (TPSA) is 50.2 Å². The highest BCUT2D eigenvalue weighted by Gasteiger charge is 2.10. The number of hydrogen-bond donors (Lipinski definition) is 1. The first-order chi connectivity index (χ1) is 7.66. The van der Waals surface area contributed by atoms with Crippen molar-refractivity contribution >= 4 is 16.9 Å². The number of aromatic nitrogens is 1. The van der Waals surface area contributed by atoms with E-state index in [9.17, 15) is 4.79 Å². The summed E-state index contributed by atoms with van der Waals surface area (Å²) in [5.41, 5.74) is 1.94. The Balaban J connectivity index is 2.35. The molecule has 0 amide bonds. The third-order valence-electron chi connectivity index (χ3n) is 2.68. The van der Waals surface area contributed by atoms with Gasteiger partial charge in [-0.2, -0.15) is 0 Å². The van der Waals surface area contributed by atoms with Crippen molar-refractivity contribution in [3.8, 4) is 0 Å². The molecule has 1 atom stereocenters. The lowest BCUT2D eigenvalue weighted by Gasteiger charge is -2.09. The van der Waals surface area contributed by atoms with Crippen LogP contribution in [0, 0.1) is 0 Å². The number of pyridine rings is 1. The summed E-state index contributed by atoms with van der Waals surface area (Å²) in [5.74, 6) is -0.752. The average molecular weight is 215 g/mol. The summed E-state index contributed by atoms with van der Waals surface area (Å²) in [4.78, 5) is 14.9. The minimum absolute atomic E-state index is 0.0175. The fourth-order valence-corrected chi connectivity index (χ4v) is 1.77. The number of benzene rings is 1. The molecule has 1 heterocycles. The largest absolute Gasteiger partial charge is 0.481 e. The Hall–Kier alpha value is -1.90. The number of carboxylic acids is 1. The van der Waals surface area contributed by atoms with Crippen molar-refractivity contribution in [3.05, 3.63) is 42.1 Å². The normalized spacial score (nSPS) is 12.6. The van der Waals surface area contributed by atoms with E-state index < -0.39 is 5.97 Å². The summed E-state index contributed by atoms with van der Waals surface area (Å²) in [6.07, 6.45) is 1.90. The van der Waals surface area contributed by atoms with Crippen LogP contribution in [-0.2, 0) is 4.79 Å². The summed E-state index contributed by atoms with van der Waals surface area (Å²) >= 11 is 0. The van der Waals surface area contributed by atoms with E-state index in [1.807, 2.05) is 37.3 Å². The molecule has 82 valence electrons. The second-order valence-corrected chi connectivity index (χ2v) is 3.95. The third-order valence-corrected chi connectivity index (χ3v) is 2.68. The zero-order chi connectivity index (χ0) is 11.5. The Morgan fingerprint density at radius 1 is 1.44 bits per heavy atom. The van der Waals surface area contributed by atoms with Crippen molar-refractivity contribution in [1.82, 2.24) is 4.98 Å². The van der Waals surface area contributed by atoms with Gasteiger partial charge in [-0.05, 0) is 23.6 Å². The van der Waals surface area contributed by atoms with E-state index in [-0.39, 0.29) is 12.3 Å². The number of hydrogen-bond acceptors (Lipinski definition) is 2. The van der Waals surface area contributed by atoms with Crippen molar-refractivity contribution < 1.29 is 9.90 Å². The maximum Gasteiger partial charge on any atom is 0.303 e. The lowest BCUT2D eigenvalue weighted by molar-refractivity contribution is -0.137. The fourth-order valence-electron chi connectivity index (χ4n) is 1.77. The van der Waals surface area contributed by atoms with Crippen LogP contribution in [-0.4, -0.2) is 16.1 Å². The zero-order valence-corrected chi connectivity index (χ0v) is 9.05. The van der Waals surface area contributed by atoms with Crippen LogP contribution in [0.5, 0.6) is 0 Å². The van der Waals surface area contributed by atoms with Crippen molar-refractivity contribution in [3.63, 3.8) is 0 Å². The maximum absolute atomic E-state index is 10.6. The van der Waals surface area contributed by atoms with E-state index in [1.165, 1.54) is 0 Å². The molecule has 3 heteroatoms. The van der Waals surface area contributed by atoms with Gasteiger partial charge in [-0.15, -0.1) is 0 Å². The van der Waals surface area contributed by atoms with Crippen LogP contribution in [0.25, 0.3) is 10.9 Å². The fraction of sp³-hybridized carbons (Fsp3) is 0.231. The molecule has 0 aliphatic carbocycles. The summed E-state index contributed by atoms with van der Waals surface area (Å²) in [7, 11) is 0. The molecule has 0 aliphatic heterocycles. The third kappa shape index (κ3) is 2.19. The maximum atomic E-state index is 10.6. The van der Waals surface area contributed by atoms with Gasteiger partial charge >= 0.3 is 5.97 Å². The molecule has 1 aromatic carbocycles. The molecule has 16 heavy (non-hydrogen) atoms. The summed E-state index contributed by atoms with van der Waals surface area (Å²) in [6, 6.07) is 9.80. The first kappa shape index (κ1) is 10.6. The van der Waals surface area contributed by atoms with Gasteiger partial charge in [0, 0.05) is 11.6 Å². The molecule has 1 aromatic heterocycles. The molecule has 0 saturated carbocycles. The molecule has 1 unspecified atom stereocenters. The molecule has 0 saturated heterocycles. The van der Waals surface area contributed by atoms with E-state index in [0.29, 0.717) is 0 Å². The standard InChI is InChI=1S/C13H13NO2/c1-9(7-13(15)16)11-5-4-10-3-2-6-14-12(10)8-11/h2-6,8-9H,7H2,1H3,(H,15,16). The number of nitrogens with zero attached hydrogens (tertiary/aromatic N) is 1. The van der Waals surface area contributed by atoms with Crippen LogP contribution in [0.1, 0.15) is 24.8 Å². The molecule has 2 rings (SSSR count). The molecule has 0 radical (unpaired) electrons. The smallest absolute Gasteiger partial charge is 0.303 e. The number of fused-ring (bicyclic) bond motifs is 1. The van der Waals surface area contributed by atoms with Crippen LogP contribution < -0.4 is 0 Å². The number of carbonyl (C=O) groups is 1. The quantitative estimate of drug-likeness (QED) is 0.856. The first-order valence-corrected chi connectivity index (χ1v) is 5.23. The molecule has 2 aromatic rings. The van der Waals surface area contributed by atoms with Crippen LogP contribution >= 0.6 is 0 Å². The number of carboxylic acid groups (broad SMARTS) is 1. The van der Waals surface area contributed by atoms with Gasteiger partial charge in [-0.25, -0.2) is 0 Å². The Morgan fingerprint density at radius 3 is 3.00 bits per heavy atom. The van der Waals surface area contributed by atoms with Gasteiger partial charge in [0.25, 0.3) is 0 Å². The molecule has 0 spiro atoms. The van der Waals surface area contributed by atoms with Crippen molar-refractivity contribution in [1.29, 1.82) is 0 Å². The predicted molar refractivity (Wildman–Crippen MR) is 62.4 cm³/mol. The first-order valence-electron chi connectivity index (χ1n) is 5.23. The van der Waals surface area contributed by atoms with Crippen LogP contribution in [0.3, 0.4) is 0 Å². The monoisotopic (exact) mass is 215 g/mol. The van der Waals surface area contributed by atoms with Crippen LogP contribution in [0.2, 0.25) is 0 Å². The van der Waals surface area contributed by atoms with E-state index in [2.05, 4.69) is 4.98 Å². The lowest BCUT2D eigenvalue weighted by Crippen LogP contribution is -2.02. The number of rotatable bonds is 3. The van der Waals surface area contributed by atoms with Crippen molar-refractivity contribution in [2.75, 3.05) is 0 Å². The highest BCUT2D eigenvalue weighted by Crippen LogP contribution is 2.22. The molecule has 0 aliphatic rings. The summed E-state index contributed by atoms with van der Waals surface area (Å²) < 4.78 is 0. The predicted octanol–water partition coefficient (Wildman–Crippen LogP) is 2.81. The molecular formula is C13H13NO2. The Morgan fingerprint density at radius 2 is 2.25 bits per heavy atom. The van der Waals surface area contributed by atoms with E-state index in [1.54, 1.807) is 6.20 Å². The van der Waals surface area contributed by atoms with Crippen molar-refractivity contribution in [2.24, 2.45) is 0 Å². The van der Waals surface area contributed by atoms with Crippen molar-refractivity contribution in [2.45, 2.75) is 19.3 Å². The SMILES string of the molecule is CC(CC(=O)O)c1ccc2cccnc2c1. The van der Waals surface area contributed by atoms with E-state index in [0.717, 1.165) is 16.5 Å².